The second kappa shape index (κ2) is 7.35. The Morgan fingerprint density at radius 3 is 1.68 bits per heavy atom. The number of rotatable bonds is 6. The highest BCUT2D eigenvalue weighted by atomic mass is 15.6. The summed E-state index contributed by atoms with van der Waals surface area (Å²) in [6, 6.07) is 32.6. The van der Waals surface area contributed by atoms with Gasteiger partial charge in [-0.05, 0) is 29.5 Å². The Morgan fingerprint density at radius 2 is 1.16 bits per heavy atom. The molecule has 2 unspecified atom stereocenters. The van der Waals surface area contributed by atoms with Crippen LogP contribution in [-0.2, 0) is 6.42 Å². The fraction of sp³-hybridized carbons (Fsp3) is 0.174. The number of nitrogens with zero attached hydrogens (tertiary/aromatic N) is 2. The molecule has 1 fully saturated rings. The number of benzene rings is 3. The molecule has 0 spiro atoms. The SMILES string of the molecule is C(CCc1ccccc1)=NN1C(c2ccccc2)C1c1ccccc1. The van der Waals surface area contributed by atoms with Crippen molar-refractivity contribution in [3.8, 4) is 0 Å². The van der Waals surface area contributed by atoms with E-state index < -0.39 is 0 Å². The fourth-order valence-corrected chi connectivity index (χ4v) is 3.36. The molecule has 1 saturated heterocycles. The lowest BCUT2D eigenvalue weighted by molar-refractivity contribution is 0.522. The number of aryl methyl sites for hydroxylation is 1. The standard InChI is InChI=1S/C23H22N2/c1-4-11-19(12-5-1)13-10-18-24-25-22(20-14-6-2-7-15-20)23(25)21-16-8-3-9-17-21/h1-9,11-12,14-18,22-23H,10,13H2. The summed E-state index contributed by atoms with van der Waals surface area (Å²) in [4.78, 5) is 0. The third-order valence-electron chi connectivity index (χ3n) is 4.68. The molecular formula is C23H22N2. The highest BCUT2D eigenvalue weighted by Gasteiger charge is 2.49. The molecule has 1 aliphatic heterocycles. The van der Waals surface area contributed by atoms with Crippen LogP contribution in [0.1, 0.15) is 35.2 Å². The first-order chi connectivity index (χ1) is 12.4. The normalized spacial score (nSPS) is 19.3. The molecule has 0 N–H and O–H groups in total. The quantitative estimate of drug-likeness (QED) is 0.437. The zero-order valence-corrected chi connectivity index (χ0v) is 14.2. The first-order valence-corrected chi connectivity index (χ1v) is 8.88. The first-order valence-electron chi connectivity index (χ1n) is 8.88. The summed E-state index contributed by atoms with van der Waals surface area (Å²) in [5, 5.41) is 6.99. The van der Waals surface area contributed by atoms with E-state index in [0.717, 1.165) is 12.8 Å². The minimum Gasteiger partial charge on any atom is -0.277 e. The zero-order valence-electron chi connectivity index (χ0n) is 14.2. The molecule has 0 saturated carbocycles. The third-order valence-corrected chi connectivity index (χ3v) is 4.68. The molecule has 0 aromatic heterocycles. The molecule has 2 atom stereocenters. The van der Waals surface area contributed by atoms with Crippen LogP contribution in [0, 0.1) is 0 Å². The summed E-state index contributed by atoms with van der Waals surface area (Å²) in [6.07, 6.45) is 4.06. The molecule has 0 bridgehead atoms. The van der Waals surface area contributed by atoms with Gasteiger partial charge in [0.05, 0.1) is 12.1 Å². The van der Waals surface area contributed by atoms with Crippen molar-refractivity contribution in [1.82, 2.24) is 5.01 Å². The molecule has 3 aromatic carbocycles. The van der Waals surface area contributed by atoms with E-state index in [-0.39, 0.29) is 0 Å². The van der Waals surface area contributed by atoms with Crippen molar-refractivity contribution >= 4 is 6.21 Å². The lowest BCUT2D eigenvalue weighted by Gasteiger charge is -1.99. The monoisotopic (exact) mass is 326 g/mol. The van der Waals surface area contributed by atoms with Crippen molar-refractivity contribution in [1.29, 1.82) is 0 Å². The molecule has 3 aromatic rings. The zero-order chi connectivity index (χ0) is 16.9. The third kappa shape index (κ3) is 3.63. The van der Waals surface area contributed by atoms with Gasteiger partial charge in [0.1, 0.15) is 0 Å². The Kier molecular flexibility index (Phi) is 4.60. The van der Waals surface area contributed by atoms with Gasteiger partial charge in [0.25, 0.3) is 0 Å². The van der Waals surface area contributed by atoms with E-state index in [1.54, 1.807) is 0 Å². The maximum Gasteiger partial charge on any atom is 0.0990 e. The molecule has 0 radical (unpaired) electrons. The topological polar surface area (TPSA) is 15.4 Å². The molecule has 0 aliphatic carbocycles. The van der Waals surface area contributed by atoms with Crippen molar-refractivity contribution < 1.29 is 0 Å². The Labute approximate surface area is 149 Å². The molecule has 0 amide bonds. The van der Waals surface area contributed by atoms with Crippen molar-refractivity contribution in [2.24, 2.45) is 5.10 Å². The molecule has 1 heterocycles. The van der Waals surface area contributed by atoms with E-state index in [1.165, 1.54) is 16.7 Å². The fourth-order valence-electron chi connectivity index (χ4n) is 3.36. The van der Waals surface area contributed by atoms with Gasteiger partial charge in [-0.15, -0.1) is 0 Å². The van der Waals surface area contributed by atoms with Gasteiger partial charge < -0.3 is 0 Å². The van der Waals surface area contributed by atoms with Crippen molar-refractivity contribution in [3.63, 3.8) is 0 Å². The minimum absolute atomic E-state index is 0.344. The Bertz CT molecular complexity index is 767. The van der Waals surface area contributed by atoms with Gasteiger partial charge in [-0.3, -0.25) is 5.01 Å². The highest BCUT2D eigenvalue weighted by molar-refractivity contribution is 5.58. The number of hydrogen-bond donors (Lipinski definition) is 0. The van der Waals surface area contributed by atoms with Crippen LogP contribution in [0.2, 0.25) is 0 Å². The van der Waals surface area contributed by atoms with Gasteiger partial charge in [-0.1, -0.05) is 91.0 Å². The summed E-state index contributed by atoms with van der Waals surface area (Å²) in [5.41, 5.74) is 4.02. The predicted octanol–water partition coefficient (Wildman–Crippen LogP) is 5.40. The molecule has 2 heteroatoms. The predicted molar refractivity (Wildman–Crippen MR) is 103 cm³/mol. The van der Waals surface area contributed by atoms with E-state index in [9.17, 15) is 0 Å². The van der Waals surface area contributed by atoms with Gasteiger partial charge in [-0.25, -0.2) is 0 Å². The molecule has 4 rings (SSSR count). The Balaban J connectivity index is 1.46. The van der Waals surface area contributed by atoms with Crippen LogP contribution in [0.5, 0.6) is 0 Å². The summed E-state index contributed by atoms with van der Waals surface area (Å²) >= 11 is 0. The molecule has 124 valence electrons. The Morgan fingerprint density at radius 1 is 0.680 bits per heavy atom. The van der Waals surface area contributed by atoms with Crippen LogP contribution >= 0.6 is 0 Å². The lowest BCUT2D eigenvalue weighted by atomic mass is 10.0. The van der Waals surface area contributed by atoms with Crippen molar-refractivity contribution in [2.75, 3.05) is 0 Å². The van der Waals surface area contributed by atoms with Crippen LogP contribution < -0.4 is 0 Å². The van der Waals surface area contributed by atoms with Gasteiger partial charge in [0.2, 0.25) is 0 Å². The Hall–Kier alpha value is -2.87. The van der Waals surface area contributed by atoms with E-state index in [0.29, 0.717) is 12.1 Å². The van der Waals surface area contributed by atoms with E-state index >= 15 is 0 Å². The van der Waals surface area contributed by atoms with Crippen LogP contribution in [-0.4, -0.2) is 11.2 Å². The first kappa shape index (κ1) is 15.6. The smallest absolute Gasteiger partial charge is 0.0990 e. The van der Waals surface area contributed by atoms with Crippen LogP contribution in [0.4, 0.5) is 0 Å². The van der Waals surface area contributed by atoms with Crippen LogP contribution in [0.25, 0.3) is 0 Å². The maximum atomic E-state index is 4.77. The molecular weight excluding hydrogens is 304 g/mol. The van der Waals surface area contributed by atoms with Gasteiger partial charge in [0, 0.05) is 6.21 Å². The van der Waals surface area contributed by atoms with Crippen molar-refractivity contribution in [2.45, 2.75) is 24.9 Å². The number of hydrogen-bond acceptors (Lipinski definition) is 2. The summed E-state index contributed by atoms with van der Waals surface area (Å²) < 4.78 is 0. The molecule has 1 aliphatic rings. The van der Waals surface area contributed by atoms with E-state index in [4.69, 9.17) is 5.10 Å². The summed E-state index contributed by atoms with van der Waals surface area (Å²) in [6.45, 7) is 0. The highest BCUT2D eigenvalue weighted by Crippen LogP contribution is 2.54. The average molecular weight is 326 g/mol. The van der Waals surface area contributed by atoms with Gasteiger partial charge >= 0.3 is 0 Å². The van der Waals surface area contributed by atoms with E-state index in [2.05, 4.69) is 102 Å². The van der Waals surface area contributed by atoms with Crippen LogP contribution in [0.15, 0.2) is 96.1 Å². The second-order valence-electron chi connectivity index (χ2n) is 6.41. The molecule has 25 heavy (non-hydrogen) atoms. The lowest BCUT2D eigenvalue weighted by Crippen LogP contribution is -1.92. The van der Waals surface area contributed by atoms with Gasteiger partial charge in [-0.2, -0.15) is 5.10 Å². The maximum absolute atomic E-state index is 4.77. The second-order valence-corrected chi connectivity index (χ2v) is 6.41. The minimum atomic E-state index is 0.344. The number of hydrazone groups is 1. The summed E-state index contributed by atoms with van der Waals surface area (Å²) in [7, 11) is 0. The summed E-state index contributed by atoms with van der Waals surface area (Å²) in [5.74, 6) is 0. The molecule has 2 nitrogen and oxygen atoms in total. The average Bonchev–Trinajstić information content (AvgIpc) is 3.42. The van der Waals surface area contributed by atoms with Gasteiger partial charge in [0.15, 0.2) is 0 Å². The largest absolute Gasteiger partial charge is 0.277 e. The van der Waals surface area contributed by atoms with Crippen LogP contribution in [0.3, 0.4) is 0 Å². The van der Waals surface area contributed by atoms with Crippen molar-refractivity contribution in [3.05, 3.63) is 108 Å². The van der Waals surface area contributed by atoms with E-state index in [1.807, 2.05) is 0 Å².